The fourth-order valence-electron chi connectivity index (χ4n) is 3.02. The minimum absolute atomic E-state index is 0.473. The number of ether oxygens (including phenoxy) is 1. The Labute approximate surface area is 128 Å². The maximum Gasteiger partial charge on any atom is 0.158 e. The number of hydrogen-bond donors (Lipinski definition) is 1. The molecule has 5 heteroatoms. The lowest BCUT2D eigenvalue weighted by Crippen LogP contribution is -2.37. The summed E-state index contributed by atoms with van der Waals surface area (Å²) in [5.41, 5.74) is 0. The molecule has 1 aromatic heterocycles. The first-order chi connectivity index (χ1) is 10.3. The van der Waals surface area contributed by atoms with Gasteiger partial charge in [-0.25, -0.2) is 9.97 Å². The van der Waals surface area contributed by atoms with Crippen molar-refractivity contribution in [1.82, 2.24) is 9.97 Å². The van der Waals surface area contributed by atoms with Gasteiger partial charge in [-0.2, -0.15) is 0 Å². The van der Waals surface area contributed by atoms with Crippen molar-refractivity contribution >= 4 is 11.6 Å². The summed E-state index contributed by atoms with van der Waals surface area (Å²) in [4.78, 5) is 11.6. The number of anilines is 2. The van der Waals surface area contributed by atoms with Crippen LogP contribution >= 0.6 is 0 Å². The highest BCUT2D eigenvalue weighted by Gasteiger charge is 2.22. The average Bonchev–Trinajstić information content (AvgIpc) is 2.54. The van der Waals surface area contributed by atoms with Gasteiger partial charge in [0.15, 0.2) is 5.82 Å². The fraction of sp³-hybridized carbons (Fsp3) is 0.750. The van der Waals surface area contributed by atoms with Crippen molar-refractivity contribution in [1.29, 1.82) is 0 Å². The van der Waals surface area contributed by atoms with E-state index >= 15 is 0 Å². The summed E-state index contributed by atoms with van der Waals surface area (Å²) in [6.07, 6.45) is 6.57. The van der Waals surface area contributed by atoms with Crippen LogP contribution in [0.15, 0.2) is 6.07 Å². The highest BCUT2D eigenvalue weighted by Crippen LogP contribution is 2.27. The number of nitrogens with one attached hydrogen (secondary N) is 1. The van der Waals surface area contributed by atoms with Crippen LogP contribution in [0.5, 0.6) is 0 Å². The van der Waals surface area contributed by atoms with Gasteiger partial charge in [-0.15, -0.1) is 0 Å². The van der Waals surface area contributed by atoms with Crippen LogP contribution in [0.4, 0.5) is 11.6 Å². The predicted molar refractivity (Wildman–Crippen MR) is 86.8 cm³/mol. The van der Waals surface area contributed by atoms with Gasteiger partial charge in [0, 0.05) is 32.3 Å². The summed E-state index contributed by atoms with van der Waals surface area (Å²) in [5, 5.41) is 3.13. The molecule has 0 aliphatic heterocycles. The van der Waals surface area contributed by atoms with Gasteiger partial charge in [0.2, 0.25) is 0 Å². The molecule has 0 saturated heterocycles. The maximum atomic E-state index is 5.46. The van der Waals surface area contributed by atoms with Crippen LogP contribution in [-0.2, 0) is 11.3 Å². The first kappa shape index (κ1) is 16.0. The molecule has 21 heavy (non-hydrogen) atoms. The fourth-order valence-corrected chi connectivity index (χ4v) is 3.02. The molecule has 0 amide bonds. The SMILES string of the molecule is CCOCc1nc(NC)cc(N(CC)C2CCCCC2)n1. The van der Waals surface area contributed by atoms with Gasteiger partial charge >= 0.3 is 0 Å². The summed E-state index contributed by atoms with van der Waals surface area (Å²) in [5.74, 6) is 2.65. The number of hydrogen-bond acceptors (Lipinski definition) is 5. The van der Waals surface area contributed by atoms with Gasteiger partial charge in [-0.3, -0.25) is 0 Å². The van der Waals surface area contributed by atoms with E-state index in [-0.39, 0.29) is 0 Å². The van der Waals surface area contributed by atoms with Gasteiger partial charge in [0.25, 0.3) is 0 Å². The molecule has 5 nitrogen and oxygen atoms in total. The number of rotatable bonds is 7. The summed E-state index contributed by atoms with van der Waals surface area (Å²) < 4.78 is 5.46. The molecule has 0 unspecified atom stereocenters. The molecule has 1 aliphatic rings. The molecule has 1 saturated carbocycles. The van der Waals surface area contributed by atoms with Crippen LogP contribution in [0.1, 0.15) is 51.8 Å². The van der Waals surface area contributed by atoms with Crippen molar-refractivity contribution in [2.24, 2.45) is 0 Å². The third-order valence-electron chi connectivity index (χ3n) is 4.10. The van der Waals surface area contributed by atoms with Crippen LogP contribution in [-0.4, -0.2) is 36.2 Å². The molecule has 0 bridgehead atoms. The van der Waals surface area contributed by atoms with E-state index in [1.54, 1.807) is 0 Å². The first-order valence-electron chi connectivity index (χ1n) is 8.18. The van der Waals surface area contributed by atoms with Gasteiger partial charge in [0.05, 0.1) is 0 Å². The molecule has 1 aromatic rings. The standard InChI is InChI=1S/C16H28N4O/c1-4-20(13-9-7-6-8-10-13)16-11-14(17-3)18-15(19-16)12-21-5-2/h11,13H,4-10,12H2,1-3H3,(H,17,18,19). The van der Waals surface area contributed by atoms with Crippen molar-refractivity contribution in [3.63, 3.8) is 0 Å². The van der Waals surface area contributed by atoms with Gasteiger partial charge in [-0.1, -0.05) is 19.3 Å². The Balaban J connectivity index is 2.21. The van der Waals surface area contributed by atoms with E-state index in [1.807, 2.05) is 20.0 Å². The minimum atomic E-state index is 0.473. The monoisotopic (exact) mass is 292 g/mol. The third kappa shape index (κ3) is 4.30. The van der Waals surface area contributed by atoms with Crippen molar-refractivity contribution in [2.45, 2.75) is 58.6 Å². The molecule has 1 aliphatic carbocycles. The van der Waals surface area contributed by atoms with Crippen molar-refractivity contribution < 1.29 is 4.74 Å². The Morgan fingerprint density at radius 2 is 2.00 bits per heavy atom. The molecule has 0 atom stereocenters. The molecule has 0 aromatic carbocycles. The molecule has 1 fully saturated rings. The van der Waals surface area contributed by atoms with Crippen molar-refractivity contribution in [3.8, 4) is 0 Å². The van der Waals surface area contributed by atoms with Crippen molar-refractivity contribution in [3.05, 3.63) is 11.9 Å². The molecular weight excluding hydrogens is 264 g/mol. The van der Waals surface area contributed by atoms with E-state index in [9.17, 15) is 0 Å². The predicted octanol–water partition coefficient (Wildman–Crippen LogP) is 3.21. The quantitative estimate of drug-likeness (QED) is 0.836. The van der Waals surface area contributed by atoms with E-state index in [0.29, 0.717) is 19.3 Å². The molecular formula is C16H28N4O. The van der Waals surface area contributed by atoms with E-state index in [2.05, 4.69) is 22.1 Å². The lowest BCUT2D eigenvalue weighted by molar-refractivity contribution is 0.128. The first-order valence-corrected chi connectivity index (χ1v) is 8.18. The Morgan fingerprint density at radius 3 is 2.62 bits per heavy atom. The zero-order valence-corrected chi connectivity index (χ0v) is 13.6. The number of nitrogens with zero attached hydrogens (tertiary/aromatic N) is 3. The van der Waals surface area contributed by atoms with Crippen LogP contribution in [0.25, 0.3) is 0 Å². The summed E-state index contributed by atoms with van der Waals surface area (Å²) >= 11 is 0. The lowest BCUT2D eigenvalue weighted by atomic mass is 9.94. The Bertz CT molecular complexity index is 432. The summed E-state index contributed by atoms with van der Waals surface area (Å²) in [7, 11) is 1.90. The topological polar surface area (TPSA) is 50.3 Å². The molecule has 118 valence electrons. The molecule has 1 N–H and O–H groups in total. The Morgan fingerprint density at radius 1 is 1.24 bits per heavy atom. The molecule has 1 heterocycles. The Hall–Kier alpha value is -1.36. The molecule has 0 radical (unpaired) electrons. The zero-order valence-electron chi connectivity index (χ0n) is 13.6. The second-order valence-electron chi connectivity index (χ2n) is 5.49. The largest absolute Gasteiger partial charge is 0.374 e. The molecule has 2 rings (SSSR count). The van der Waals surface area contributed by atoms with E-state index < -0.39 is 0 Å². The van der Waals surface area contributed by atoms with E-state index in [1.165, 1.54) is 32.1 Å². The van der Waals surface area contributed by atoms with E-state index in [4.69, 9.17) is 9.72 Å². The van der Waals surface area contributed by atoms with E-state index in [0.717, 1.165) is 24.0 Å². The highest BCUT2D eigenvalue weighted by molar-refractivity contribution is 5.49. The van der Waals surface area contributed by atoms with Crippen molar-refractivity contribution in [2.75, 3.05) is 30.4 Å². The van der Waals surface area contributed by atoms with Crippen LogP contribution < -0.4 is 10.2 Å². The maximum absolute atomic E-state index is 5.46. The second kappa shape index (κ2) is 8.17. The Kier molecular flexibility index (Phi) is 6.23. The second-order valence-corrected chi connectivity index (χ2v) is 5.49. The summed E-state index contributed by atoms with van der Waals surface area (Å²) in [6.45, 7) is 6.34. The zero-order chi connectivity index (χ0) is 15.1. The lowest BCUT2D eigenvalue weighted by Gasteiger charge is -2.34. The van der Waals surface area contributed by atoms with Crippen LogP contribution in [0.3, 0.4) is 0 Å². The van der Waals surface area contributed by atoms with Crippen LogP contribution in [0.2, 0.25) is 0 Å². The molecule has 0 spiro atoms. The highest BCUT2D eigenvalue weighted by atomic mass is 16.5. The smallest absolute Gasteiger partial charge is 0.158 e. The van der Waals surface area contributed by atoms with Gasteiger partial charge < -0.3 is 15.0 Å². The minimum Gasteiger partial charge on any atom is -0.374 e. The number of aromatic nitrogens is 2. The normalized spacial score (nSPS) is 16.0. The van der Waals surface area contributed by atoms with Crippen LogP contribution in [0, 0.1) is 0 Å². The average molecular weight is 292 g/mol. The summed E-state index contributed by atoms with van der Waals surface area (Å²) in [6, 6.07) is 2.66. The van der Waals surface area contributed by atoms with Gasteiger partial charge in [0.1, 0.15) is 18.2 Å². The van der Waals surface area contributed by atoms with Gasteiger partial charge in [-0.05, 0) is 26.7 Å². The third-order valence-corrected chi connectivity index (χ3v) is 4.10.